The van der Waals surface area contributed by atoms with Crippen molar-refractivity contribution in [1.29, 1.82) is 0 Å². The number of hydrogen-bond donors (Lipinski definition) is 0. The Morgan fingerprint density at radius 1 is 1.27 bits per heavy atom. The zero-order valence-corrected chi connectivity index (χ0v) is 17.4. The summed E-state index contributed by atoms with van der Waals surface area (Å²) in [7, 11) is 0. The minimum atomic E-state index is -0.712. The molecule has 0 spiro atoms. The van der Waals surface area contributed by atoms with Crippen LogP contribution in [0.1, 0.15) is 31.2 Å². The number of thiazole rings is 1. The lowest BCUT2D eigenvalue weighted by molar-refractivity contribution is -0.139. The summed E-state index contributed by atoms with van der Waals surface area (Å²) in [6.07, 6.45) is 7.05. The maximum Gasteiger partial charge on any atom is 0.338 e. The summed E-state index contributed by atoms with van der Waals surface area (Å²) in [6.45, 7) is 3.72. The summed E-state index contributed by atoms with van der Waals surface area (Å²) >= 11 is 1.28. The molecule has 0 radical (unpaired) electrons. The van der Waals surface area contributed by atoms with E-state index in [-0.39, 0.29) is 12.2 Å². The molecule has 6 nitrogen and oxygen atoms in total. The number of carbonyl (C=O) groups excluding carboxylic acids is 1. The Bertz CT molecular complexity index is 1300. The predicted octanol–water partition coefficient (Wildman–Crippen LogP) is 3.06. The van der Waals surface area contributed by atoms with Crippen LogP contribution in [0.4, 0.5) is 0 Å². The zero-order valence-electron chi connectivity index (χ0n) is 16.6. The predicted molar refractivity (Wildman–Crippen MR) is 115 cm³/mol. The second kappa shape index (κ2) is 8.51. The van der Waals surface area contributed by atoms with Gasteiger partial charge in [0, 0.05) is 0 Å². The van der Waals surface area contributed by atoms with Crippen molar-refractivity contribution in [3.63, 3.8) is 0 Å². The molecule has 0 saturated carbocycles. The molecule has 1 aliphatic heterocycles. The number of allylic oxidation sites excluding steroid dienone is 2. The number of ether oxygens (including phenoxy) is 1. The van der Waals surface area contributed by atoms with E-state index in [1.807, 2.05) is 42.5 Å². The van der Waals surface area contributed by atoms with Crippen molar-refractivity contribution in [2.75, 3.05) is 6.61 Å². The number of carbonyl (C=O) groups is 1. The van der Waals surface area contributed by atoms with E-state index in [0.29, 0.717) is 26.4 Å². The van der Waals surface area contributed by atoms with E-state index in [1.54, 1.807) is 32.1 Å². The van der Waals surface area contributed by atoms with Crippen molar-refractivity contribution in [3.05, 3.63) is 97.1 Å². The number of aromatic nitrogens is 1. The van der Waals surface area contributed by atoms with Crippen LogP contribution in [0.2, 0.25) is 0 Å². The fourth-order valence-electron chi connectivity index (χ4n) is 3.33. The molecular formula is C23H20N2O4S. The summed E-state index contributed by atoms with van der Waals surface area (Å²) < 4.78 is 12.8. The summed E-state index contributed by atoms with van der Waals surface area (Å²) in [6, 6.07) is 12.6. The van der Waals surface area contributed by atoms with Crippen molar-refractivity contribution in [3.8, 4) is 0 Å². The van der Waals surface area contributed by atoms with Gasteiger partial charge in [0.2, 0.25) is 0 Å². The first-order valence-electron chi connectivity index (χ1n) is 9.55. The van der Waals surface area contributed by atoms with Crippen LogP contribution in [0.25, 0.3) is 12.2 Å². The third kappa shape index (κ3) is 3.71. The van der Waals surface area contributed by atoms with E-state index >= 15 is 0 Å². The summed E-state index contributed by atoms with van der Waals surface area (Å²) in [5, 5.41) is 0. The van der Waals surface area contributed by atoms with E-state index in [2.05, 4.69) is 4.99 Å². The average molecular weight is 420 g/mol. The molecule has 0 aliphatic carbocycles. The van der Waals surface area contributed by atoms with Crippen LogP contribution in [0.15, 0.2) is 80.3 Å². The van der Waals surface area contributed by atoms with Crippen molar-refractivity contribution >= 4 is 29.5 Å². The second-order valence-electron chi connectivity index (χ2n) is 6.61. The van der Waals surface area contributed by atoms with E-state index in [0.717, 1.165) is 5.56 Å². The Labute approximate surface area is 176 Å². The first-order chi connectivity index (χ1) is 14.6. The van der Waals surface area contributed by atoms with Crippen LogP contribution >= 0.6 is 11.3 Å². The van der Waals surface area contributed by atoms with Crippen LogP contribution in [0.3, 0.4) is 0 Å². The first-order valence-corrected chi connectivity index (χ1v) is 10.4. The van der Waals surface area contributed by atoms with Crippen molar-refractivity contribution in [1.82, 2.24) is 4.57 Å². The number of nitrogens with zero attached hydrogens (tertiary/aromatic N) is 2. The van der Waals surface area contributed by atoms with E-state index in [9.17, 15) is 9.59 Å². The first kappa shape index (κ1) is 19.8. The van der Waals surface area contributed by atoms with Crippen LogP contribution < -0.4 is 14.9 Å². The van der Waals surface area contributed by atoms with Gasteiger partial charge in [-0.05, 0) is 37.6 Å². The van der Waals surface area contributed by atoms with Crippen LogP contribution in [0.5, 0.6) is 0 Å². The lowest BCUT2D eigenvalue weighted by atomic mass is 10.0. The van der Waals surface area contributed by atoms with Gasteiger partial charge in [-0.3, -0.25) is 9.36 Å². The molecule has 1 aromatic carbocycles. The zero-order chi connectivity index (χ0) is 21.1. The lowest BCUT2D eigenvalue weighted by Gasteiger charge is -2.22. The highest BCUT2D eigenvalue weighted by Crippen LogP contribution is 2.30. The minimum Gasteiger partial charge on any atom is -0.467 e. The molecule has 1 aliphatic rings. The number of esters is 1. The molecule has 0 unspecified atom stereocenters. The molecule has 3 heterocycles. The molecule has 3 aromatic rings. The Balaban J connectivity index is 1.83. The highest BCUT2D eigenvalue weighted by atomic mass is 32.1. The monoisotopic (exact) mass is 420 g/mol. The van der Waals surface area contributed by atoms with Gasteiger partial charge in [-0.25, -0.2) is 9.79 Å². The lowest BCUT2D eigenvalue weighted by Crippen LogP contribution is -2.39. The Hall–Kier alpha value is -3.45. The number of rotatable bonds is 5. The van der Waals surface area contributed by atoms with Crippen molar-refractivity contribution < 1.29 is 13.9 Å². The largest absolute Gasteiger partial charge is 0.467 e. The van der Waals surface area contributed by atoms with Gasteiger partial charge in [0.1, 0.15) is 11.8 Å². The number of fused-ring (bicyclic) bond motifs is 1. The highest BCUT2D eigenvalue weighted by molar-refractivity contribution is 7.07. The molecule has 152 valence electrons. The molecule has 0 bridgehead atoms. The quantitative estimate of drug-likeness (QED) is 0.595. The smallest absolute Gasteiger partial charge is 0.338 e. The van der Waals surface area contributed by atoms with Gasteiger partial charge in [0.05, 0.1) is 28.7 Å². The van der Waals surface area contributed by atoms with E-state index in [1.165, 1.54) is 22.2 Å². The Kier molecular flexibility index (Phi) is 5.63. The van der Waals surface area contributed by atoms with Crippen molar-refractivity contribution in [2.45, 2.75) is 19.9 Å². The summed E-state index contributed by atoms with van der Waals surface area (Å²) in [5.41, 5.74) is 1.63. The van der Waals surface area contributed by atoms with Crippen LogP contribution in [0, 0.1) is 0 Å². The number of hydrogen-bond acceptors (Lipinski definition) is 6. The van der Waals surface area contributed by atoms with Gasteiger partial charge >= 0.3 is 5.97 Å². The Morgan fingerprint density at radius 3 is 2.77 bits per heavy atom. The third-order valence-corrected chi connectivity index (χ3v) is 5.67. The molecule has 4 rings (SSSR count). The number of furan rings is 1. The molecular weight excluding hydrogens is 400 g/mol. The molecule has 0 fully saturated rings. The van der Waals surface area contributed by atoms with Crippen LogP contribution in [-0.4, -0.2) is 17.1 Å². The maximum absolute atomic E-state index is 13.2. The summed E-state index contributed by atoms with van der Waals surface area (Å²) in [5.74, 6) is -0.0155. The van der Waals surface area contributed by atoms with Gasteiger partial charge < -0.3 is 9.15 Å². The fourth-order valence-corrected chi connectivity index (χ4v) is 4.33. The SMILES string of the molecule is CCOC(=O)C1=C(C)N=c2s/c(=C\C=C/c3ccccc3)c(=O)n2[C@@H]1c1ccco1. The Morgan fingerprint density at radius 2 is 2.07 bits per heavy atom. The van der Waals surface area contributed by atoms with E-state index < -0.39 is 12.0 Å². The molecule has 0 N–H and O–H groups in total. The van der Waals surface area contributed by atoms with E-state index in [4.69, 9.17) is 9.15 Å². The standard InChI is InChI=1S/C23H20N2O4S/c1-3-28-22(27)19-15(2)24-23-25(20(19)17-12-8-14-29-17)21(26)18(30-23)13-7-11-16-9-5-4-6-10-16/h4-14,20H,3H2,1-2H3/b11-7-,18-13-/t20-/m1/s1. The number of benzene rings is 1. The molecule has 30 heavy (non-hydrogen) atoms. The van der Waals surface area contributed by atoms with Gasteiger partial charge in [-0.2, -0.15) is 0 Å². The topological polar surface area (TPSA) is 73.8 Å². The third-order valence-electron chi connectivity index (χ3n) is 4.67. The van der Waals surface area contributed by atoms with Gasteiger partial charge in [0.15, 0.2) is 4.80 Å². The molecule has 0 amide bonds. The van der Waals surface area contributed by atoms with Gasteiger partial charge in [0.25, 0.3) is 5.56 Å². The second-order valence-corrected chi connectivity index (χ2v) is 7.62. The maximum atomic E-state index is 13.2. The normalized spacial score (nSPS) is 16.6. The molecule has 0 saturated heterocycles. The average Bonchev–Trinajstić information content (AvgIpc) is 3.37. The van der Waals surface area contributed by atoms with Gasteiger partial charge in [-0.1, -0.05) is 53.8 Å². The minimum absolute atomic E-state index is 0.229. The van der Waals surface area contributed by atoms with Gasteiger partial charge in [-0.15, -0.1) is 0 Å². The highest BCUT2D eigenvalue weighted by Gasteiger charge is 2.34. The molecule has 7 heteroatoms. The van der Waals surface area contributed by atoms with Crippen molar-refractivity contribution in [2.24, 2.45) is 4.99 Å². The molecule has 2 aromatic heterocycles. The molecule has 1 atom stereocenters. The summed E-state index contributed by atoms with van der Waals surface area (Å²) in [4.78, 5) is 30.9. The van der Waals surface area contributed by atoms with Crippen LogP contribution in [-0.2, 0) is 9.53 Å². The fraction of sp³-hybridized carbons (Fsp3) is 0.174.